The molecule has 0 unspecified atom stereocenters. The molecule has 6 heteroatoms. The second-order valence-corrected chi connectivity index (χ2v) is 10.0. The number of aryl methyl sites for hydroxylation is 1. The molecule has 1 heterocycles. The molecule has 0 N–H and O–H groups in total. The Balaban J connectivity index is 1.62. The number of para-hydroxylation sites is 1. The van der Waals surface area contributed by atoms with Crippen molar-refractivity contribution in [2.24, 2.45) is 0 Å². The topological polar surface area (TPSA) is 57.7 Å². The maximum atomic E-state index is 13.2. The van der Waals surface area contributed by atoms with Crippen molar-refractivity contribution in [2.45, 2.75) is 32.9 Å². The summed E-state index contributed by atoms with van der Waals surface area (Å²) in [6.45, 7) is 4.25. The van der Waals surface area contributed by atoms with Gasteiger partial charge in [-0.05, 0) is 67.3 Å². The van der Waals surface area contributed by atoms with Crippen molar-refractivity contribution < 1.29 is 13.2 Å². The third-order valence-electron chi connectivity index (χ3n) is 5.80. The number of hydrogen-bond donors (Lipinski definition) is 0. The third kappa shape index (κ3) is 4.21. The zero-order valence-electron chi connectivity index (χ0n) is 17.9. The fourth-order valence-corrected chi connectivity index (χ4v) is 5.00. The summed E-state index contributed by atoms with van der Waals surface area (Å²) in [5.41, 5.74) is 5.16. The van der Waals surface area contributed by atoms with E-state index in [9.17, 15) is 13.2 Å². The monoisotopic (exact) mass is 434 g/mol. The standard InChI is InChI=1S/C25H26N2O3S/c1-18-8-4-5-10-22(18)17-26(31(3,29)30)23-14-12-20(13-15-23)25(28)27-19(2)16-21-9-6-7-11-24(21)27/h4-15,19H,16-17H2,1-3H3/t19-/m1/s1. The number of rotatable bonds is 5. The molecule has 1 aliphatic heterocycles. The van der Waals surface area contributed by atoms with E-state index < -0.39 is 10.0 Å². The Morgan fingerprint density at radius 1 is 1.00 bits per heavy atom. The van der Waals surface area contributed by atoms with Gasteiger partial charge >= 0.3 is 0 Å². The average molecular weight is 435 g/mol. The predicted octanol–water partition coefficient (Wildman–Crippen LogP) is 4.55. The molecule has 0 aromatic heterocycles. The Labute approximate surface area is 184 Å². The van der Waals surface area contributed by atoms with Crippen LogP contribution in [0.2, 0.25) is 0 Å². The Bertz CT molecular complexity index is 1220. The van der Waals surface area contributed by atoms with E-state index in [1.54, 1.807) is 24.3 Å². The number of benzene rings is 3. The van der Waals surface area contributed by atoms with Crippen molar-refractivity contribution in [1.82, 2.24) is 0 Å². The molecular weight excluding hydrogens is 408 g/mol. The van der Waals surface area contributed by atoms with Gasteiger partial charge in [0.25, 0.3) is 5.91 Å². The minimum atomic E-state index is -3.49. The second kappa shape index (κ2) is 8.19. The van der Waals surface area contributed by atoms with Gasteiger partial charge in [-0.3, -0.25) is 9.10 Å². The molecule has 0 aliphatic carbocycles. The molecule has 5 nitrogen and oxygen atoms in total. The van der Waals surface area contributed by atoms with Gasteiger partial charge in [0.1, 0.15) is 0 Å². The lowest BCUT2D eigenvalue weighted by atomic mass is 10.1. The quantitative estimate of drug-likeness (QED) is 0.592. The number of carbonyl (C=O) groups excluding carboxylic acids is 1. The number of sulfonamides is 1. The predicted molar refractivity (Wildman–Crippen MR) is 125 cm³/mol. The van der Waals surface area contributed by atoms with Gasteiger partial charge < -0.3 is 4.90 Å². The van der Waals surface area contributed by atoms with Crippen molar-refractivity contribution in [3.63, 3.8) is 0 Å². The van der Waals surface area contributed by atoms with E-state index in [4.69, 9.17) is 0 Å². The van der Waals surface area contributed by atoms with Crippen LogP contribution in [-0.2, 0) is 23.0 Å². The summed E-state index contributed by atoms with van der Waals surface area (Å²) in [6, 6.07) is 22.6. The first-order valence-electron chi connectivity index (χ1n) is 10.3. The van der Waals surface area contributed by atoms with Crippen LogP contribution < -0.4 is 9.21 Å². The van der Waals surface area contributed by atoms with E-state index in [-0.39, 0.29) is 18.5 Å². The summed E-state index contributed by atoms with van der Waals surface area (Å²) in [6.07, 6.45) is 2.03. The Hall–Kier alpha value is -3.12. The highest BCUT2D eigenvalue weighted by Gasteiger charge is 2.31. The van der Waals surface area contributed by atoms with E-state index in [2.05, 4.69) is 6.07 Å². The summed E-state index contributed by atoms with van der Waals surface area (Å²) in [4.78, 5) is 15.1. The van der Waals surface area contributed by atoms with Crippen LogP contribution in [-0.4, -0.2) is 26.6 Å². The number of nitrogens with zero attached hydrogens (tertiary/aromatic N) is 2. The van der Waals surface area contributed by atoms with Crippen LogP contribution in [0.1, 0.15) is 34.0 Å². The van der Waals surface area contributed by atoms with Gasteiger partial charge in [0.2, 0.25) is 10.0 Å². The number of hydrogen-bond acceptors (Lipinski definition) is 3. The molecule has 0 spiro atoms. The van der Waals surface area contributed by atoms with Crippen LogP contribution in [0, 0.1) is 6.92 Å². The fraction of sp³-hybridized carbons (Fsp3) is 0.240. The number of fused-ring (bicyclic) bond motifs is 1. The lowest BCUT2D eigenvalue weighted by molar-refractivity contribution is 0.0981. The smallest absolute Gasteiger partial charge is 0.258 e. The molecule has 0 fully saturated rings. The molecule has 1 aliphatic rings. The van der Waals surface area contributed by atoms with Crippen LogP contribution in [0.25, 0.3) is 0 Å². The molecule has 0 saturated heterocycles. The lowest BCUT2D eigenvalue weighted by Gasteiger charge is -2.25. The highest BCUT2D eigenvalue weighted by Crippen LogP contribution is 2.33. The second-order valence-electron chi connectivity index (χ2n) is 8.10. The van der Waals surface area contributed by atoms with E-state index in [0.29, 0.717) is 11.3 Å². The normalized spacial score (nSPS) is 15.6. The largest absolute Gasteiger partial charge is 0.305 e. The minimum Gasteiger partial charge on any atom is -0.305 e. The van der Waals surface area contributed by atoms with Crippen LogP contribution in [0.3, 0.4) is 0 Å². The highest BCUT2D eigenvalue weighted by molar-refractivity contribution is 7.92. The van der Waals surface area contributed by atoms with Gasteiger partial charge in [-0.1, -0.05) is 42.5 Å². The average Bonchev–Trinajstić information content (AvgIpc) is 3.07. The van der Waals surface area contributed by atoms with Gasteiger partial charge in [-0.15, -0.1) is 0 Å². The summed E-state index contributed by atoms with van der Waals surface area (Å²) < 4.78 is 26.4. The zero-order valence-corrected chi connectivity index (χ0v) is 18.8. The Morgan fingerprint density at radius 2 is 1.65 bits per heavy atom. The molecule has 3 aromatic carbocycles. The Morgan fingerprint density at radius 3 is 2.32 bits per heavy atom. The van der Waals surface area contributed by atoms with Crippen molar-refractivity contribution >= 4 is 27.3 Å². The van der Waals surface area contributed by atoms with Crippen LogP contribution >= 0.6 is 0 Å². The molecule has 3 aromatic rings. The first-order chi connectivity index (χ1) is 14.8. The van der Waals surface area contributed by atoms with Gasteiger partial charge in [0.15, 0.2) is 0 Å². The van der Waals surface area contributed by atoms with Crippen molar-refractivity contribution in [1.29, 1.82) is 0 Å². The molecular formula is C25H26N2O3S. The SMILES string of the molecule is Cc1ccccc1CN(c1ccc(C(=O)N2c3ccccc3C[C@H]2C)cc1)S(C)(=O)=O. The van der Waals surface area contributed by atoms with E-state index in [1.807, 2.05) is 61.2 Å². The molecule has 0 bridgehead atoms. The van der Waals surface area contributed by atoms with E-state index >= 15 is 0 Å². The lowest BCUT2D eigenvalue weighted by Crippen LogP contribution is -2.35. The summed E-state index contributed by atoms with van der Waals surface area (Å²) in [5.74, 6) is -0.0752. The Kier molecular flexibility index (Phi) is 5.58. The third-order valence-corrected chi connectivity index (χ3v) is 6.94. The fourth-order valence-electron chi connectivity index (χ4n) is 4.13. The molecule has 31 heavy (non-hydrogen) atoms. The molecule has 1 atom stereocenters. The maximum absolute atomic E-state index is 13.2. The van der Waals surface area contributed by atoms with Crippen molar-refractivity contribution in [3.05, 3.63) is 95.1 Å². The highest BCUT2D eigenvalue weighted by atomic mass is 32.2. The maximum Gasteiger partial charge on any atom is 0.258 e. The van der Waals surface area contributed by atoms with Crippen molar-refractivity contribution in [2.75, 3.05) is 15.5 Å². The molecule has 0 radical (unpaired) electrons. The zero-order chi connectivity index (χ0) is 22.2. The molecule has 0 saturated carbocycles. The number of amides is 1. The number of carbonyl (C=O) groups is 1. The van der Waals surface area contributed by atoms with Crippen LogP contribution in [0.4, 0.5) is 11.4 Å². The first-order valence-corrected chi connectivity index (χ1v) is 12.1. The van der Waals surface area contributed by atoms with Crippen molar-refractivity contribution in [3.8, 4) is 0 Å². The summed E-state index contributed by atoms with van der Waals surface area (Å²) in [5, 5.41) is 0. The first kappa shape index (κ1) is 21.1. The van der Waals surface area contributed by atoms with E-state index in [0.717, 1.165) is 23.2 Å². The van der Waals surface area contributed by atoms with Gasteiger partial charge in [-0.2, -0.15) is 0 Å². The summed E-state index contributed by atoms with van der Waals surface area (Å²) >= 11 is 0. The molecule has 160 valence electrons. The van der Waals surface area contributed by atoms with E-state index in [1.165, 1.54) is 16.1 Å². The van der Waals surface area contributed by atoms with Crippen LogP contribution in [0.5, 0.6) is 0 Å². The summed E-state index contributed by atoms with van der Waals surface area (Å²) in [7, 11) is -3.49. The van der Waals surface area contributed by atoms with Gasteiger partial charge in [0, 0.05) is 17.3 Å². The van der Waals surface area contributed by atoms with Gasteiger partial charge in [0.05, 0.1) is 18.5 Å². The number of anilines is 2. The molecule has 4 rings (SSSR count). The van der Waals surface area contributed by atoms with Crippen LogP contribution in [0.15, 0.2) is 72.8 Å². The van der Waals surface area contributed by atoms with Gasteiger partial charge in [-0.25, -0.2) is 8.42 Å². The minimum absolute atomic E-state index is 0.0752. The molecule has 1 amide bonds.